The van der Waals surface area contributed by atoms with Gasteiger partial charge in [0.1, 0.15) is 5.54 Å². The molecule has 1 aliphatic rings. The number of methoxy groups -OCH3 is 1. The van der Waals surface area contributed by atoms with Crippen LogP contribution < -0.4 is 11.1 Å². The van der Waals surface area contributed by atoms with Crippen molar-refractivity contribution in [3.8, 4) is 0 Å². The molecular weight excluding hydrogens is 248 g/mol. The minimum absolute atomic E-state index is 0.292. The Labute approximate surface area is 113 Å². The van der Waals surface area contributed by atoms with Gasteiger partial charge < -0.3 is 20.9 Å². The lowest BCUT2D eigenvalue weighted by Gasteiger charge is -2.37. The fourth-order valence-corrected chi connectivity index (χ4v) is 2.62. The summed E-state index contributed by atoms with van der Waals surface area (Å²) in [5.74, 6) is -1.08. The molecule has 0 bridgehead atoms. The molecular formula is C13H24N2O4. The molecule has 1 fully saturated rings. The maximum atomic E-state index is 12.0. The number of carboxylic acid groups (broad SMARTS) is 1. The van der Waals surface area contributed by atoms with Crippen molar-refractivity contribution in [2.24, 2.45) is 11.7 Å². The number of ether oxygens (including phenoxy) is 1. The number of amides is 1. The predicted octanol–water partition coefficient (Wildman–Crippen LogP) is 0.500. The summed E-state index contributed by atoms with van der Waals surface area (Å²) in [7, 11) is 1.53. The minimum Gasteiger partial charge on any atom is -0.480 e. The Balaban J connectivity index is 2.68. The first kappa shape index (κ1) is 15.9. The molecule has 3 unspecified atom stereocenters. The zero-order valence-electron chi connectivity index (χ0n) is 11.6. The van der Waals surface area contributed by atoms with E-state index in [2.05, 4.69) is 5.32 Å². The molecule has 4 N–H and O–H groups in total. The summed E-state index contributed by atoms with van der Waals surface area (Å²) in [6.07, 6.45) is 3.12. The van der Waals surface area contributed by atoms with E-state index in [1.165, 1.54) is 7.11 Å². The van der Waals surface area contributed by atoms with Gasteiger partial charge in [0.05, 0.1) is 6.04 Å². The Kier molecular flexibility index (Phi) is 5.75. The Morgan fingerprint density at radius 2 is 2.26 bits per heavy atom. The fraction of sp³-hybridized carbons (Fsp3) is 0.846. The first-order valence-electron chi connectivity index (χ1n) is 6.71. The first-order valence-corrected chi connectivity index (χ1v) is 6.71. The van der Waals surface area contributed by atoms with Crippen LogP contribution in [0.5, 0.6) is 0 Å². The number of hydrogen-bond donors (Lipinski definition) is 3. The number of hydrogen-bond acceptors (Lipinski definition) is 4. The summed E-state index contributed by atoms with van der Waals surface area (Å²) in [6.45, 7) is 2.39. The molecule has 0 aromatic heterocycles. The second kappa shape index (κ2) is 6.86. The van der Waals surface area contributed by atoms with Gasteiger partial charge in [0.15, 0.2) is 0 Å². The summed E-state index contributed by atoms with van der Waals surface area (Å²) < 4.78 is 4.87. The van der Waals surface area contributed by atoms with Crippen molar-refractivity contribution in [3.63, 3.8) is 0 Å². The molecule has 6 heteroatoms. The summed E-state index contributed by atoms with van der Waals surface area (Å²) in [4.78, 5) is 23.5. The standard InChI is InChI=1S/C13H24N2O4/c1-9-4-3-6-13(8-9,12(17)18)15-11(16)10(14)5-7-19-2/h9-10H,3-8,14H2,1-2H3,(H,15,16)(H,17,18). The van der Waals surface area contributed by atoms with Crippen molar-refractivity contribution < 1.29 is 19.4 Å². The molecule has 1 amide bonds. The molecule has 6 nitrogen and oxygen atoms in total. The highest BCUT2D eigenvalue weighted by atomic mass is 16.5. The van der Waals surface area contributed by atoms with Crippen LogP contribution in [0.4, 0.5) is 0 Å². The van der Waals surface area contributed by atoms with Crippen LogP contribution in [0.15, 0.2) is 0 Å². The number of carboxylic acids is 1. The van der Waals surface area contributed by atoms with E-state index in [1.807, 2.05) is 6.92 Å². The molecule has 0 aromatic carbocycles. The predicted molar refractivity (Wildman–Crippen MR) is 70.6 cm³/mol. The highest BCUT2D eigenvalue weighted by Crippen LogP contribution is 2.32. The highest BCUT2D eigenvalue weighted by molar-refractivity contribution is 5.89. The maximum Gasteiger partial charge on any atom is 0.329 e. The van der Waals surface area contributed by atoms with Gasteiger partial charge in [0.2, 0.25) is 5.91 Å². The second-order valence-electron chi connectivity index (χ2n) is 5.47. The molecule has 0 aliphatic heterocycles. The van der Waals surface area contributed by atoms with Crippen molar-refractivity contribution in [1.82, 2.24) is 5.32 Å². The summed E-state index contributed by atoms with van der Waals surface area (Å²) >= 11 is 0. The van der Waals surface area contributed by atoms with Gasteiger partial charge >= 0.3 is 5.97 Å². The van der Waals surface area contributed by atoms with Crippen LogP contribution in [-0.4, -0.2) is 42.3 Å². The lowest BCUT2D eigenvalue weighted by molar-refractivity contribution is -0.150. The second-order valence-corrected chi connectivity index (χ2v) is 5.47. The Bertz CT molecular complexity index is 335. The van der Waals surface area contributed by atoms with Gasteiger partial charge in [-0.05, 0) is 25.2 Å². The average Bonchev–Trinajstić information content (AvgIpc) is 2.35. The Morgan fingerprint density at radius 1 is 1.58 bits per heavy atom. The zero-order valence-corrected chi connectivity index (χ0v) is 11.6. The first-order chi connectivity index (χ1) is 8.91. The van der Waals surface area contributed by atoms with E-state index in [0.717, 1.165) is 12.8 Å². The van der Waals surface area contributed by atoms with Crippen LogP contribution in [0.3, 0.4) is 0 Å². The Hall–Kier alpha value is -1.14. The number of carbonyl (C=O) groups excluding carboxylic acids is 1. The largest absolute Gasteiger partial charge is 0.480 e. The van der Waals surface area contributed by atoms with Crippen molar-refractivity contribution in [2.45, 2.75) is 50.6 Å². The third-order valence-electron chi connectivity index (χ3n) is 3.74. The van der Waals surface area contributed by atoms with Crippen LogP contribution in [0.25, 0.3) is 0 Å². The monoisotopic (exact) mass is 272 g/mol. The van der Waals surface area contributed by atoms with E-state index >= 15 is 0 Å². The van der Waals surface area contributed by atoms with E-state index in [1.54, 1.807) is 0 Å². The maximum absolute atomic E-state index is 12.0. The lowest BCUT2D eigenvalue weighted by Crippen LogP contribution is -2.60. The van der Waals surface area contributed by atoms with Gasteiger partial charge in [0.25, 0.3) is 0 Å². The summed E-state index contributed by atoms with van der Waals surface area (Å²) in [5, 5.41) is 12.1. The van der Waals surface area contributed by atoms with Crippen molar-refractivity contribution in [1.29, 1.82) is 0 Å². The van der Waals surface area contributed by atoms with Gasteiger partial charge in [-0.15, -0.1) is 0 Å². The van der Waals surface area contributed by atoms with Crippen LogP contribution in [0, 0.1) is 5.92 Å². The van der Waals surface area contributed by atoms with Crippen LogP contribution in [0.2, 0.25) is 0 Å². The minimum atomic E-state index is -1.15. The van der Waals surface area contributed by atoms with E-state index in [4.69, 9.17) is 10.5 Å². The van der Waals surface area contributed by atoms with Crippen molar-refractivity contribution in [3.05, 3.63) is 0 Å². The molecule has 1 aliphatic carbocycles. The van der Waals surface area contributed by atoms with Crippen LogP contribution >= 0.6 is 0 Å². The van der Waals surface area contributed by atoms with E-state index in [9.17, 15) is 14.7 Å². The van der Waals surface area contributed by atoms with Crippen LogP contribution in [0.1, 0.15) is 39.0 Å². The van der Waals surface area contributed by atoms with Gasteiger partial charge in [-0.25, -0.2) is 4.79 Å². The third-order valence-corrected chi connectivity index (χ3v) is 3.74. The number of carbonyl (C=O) groups is 2. The summed E-state index contributed by atoms with van der Waals surface area (Å²) in [5.41, 5.74) is 4.58. The molecule has 19 heavy (non-hydrogen) atoms. The average molecular weight is 272 g/mol. The van der Waals surface area contributed by atoms with Gasteiger partial charge in [-0.2, -0.15) is 0 Å². The number of rotatable bonds is 6. The summed E-state index contributed by atoms with van der Waals surface area (Å²) in [6, 6.07) is -0.728. The molecule has 110 valence electrons. The van der Waals surface area contributed by atoms with Gasteiger partial charge in [0, 0.05) is 13.7 Å². The highest BCUT2D eigenvalue weighted by Gasteiger charge is 2.43. The Morgan fingerprint density at radius 3 is 2.79 bits per heavy atom. The number of aliphatic carboxylic acids is 1. The quantitative estimate of drug-likeness (QED) is 0.653. The van der Waals surface area contributed by atoms with Crippen molar-refractivity contribution in [2.75, 3.05) is 13.7 Å². The molecule has 1 saturated carbocycles. The van der Waals surface area contributed by atoms with E-state index in [0.29, 0.717) is 31.8 Å². The van der Waals surface area contributed by atoms with E-state index in [-0.39, 0.29) is 0 Å². The number of nitrogens with two attached hydrogens (primary N) is 1. The van der Waals surface area contributed by atoms with Crippen LogP contribution in [-0.2, 0) is 14.3 Å². The topological polar surface area (TPSA) is 102 Å². The third kappa shape index (κ3) is 4.18. The molecule has 3 atom stereocenters. The smallest absolute Gasteiger partial charge is 0.329 e. The molecule has 0 heterocycles. The van der Waals surface area contributed by atoms with E-state index < -0.39 is 23.5 Å². The van der Waals surface area contributed by atoms with Gasteiger partial charge in [-0.1, -0.05) is 19.8 Å². The molecule has 0 spiro atoms. The SMILES string of the molecule is COCCC(N)C(=O)NC1(C(=O)O)CCCC(C)C1. The normalized spacial score (nSPS) is 28.7. The molecule has 0 aromatic rings. The van der Waals surface area contributed by atoms with Crippen molar-refractivity contribution >= 4 is 11.9 Å². The zero-order chi connectivity index (χ0) is 14.5. The molecule has 0 saturated heterocycles. The molecule has 0 radical (unpaired) electrons. The lowest BCUT2D eigenvalue weighted by atomic mass is 9.76. The van der Waals surface area contributed by atoms with Gasteiger partial charge in [-0.3, -0.25) is 4.79 Å². The number of nitrogens with one attached hydrogen (secondary N) is 1. The molecule has 1 rings (SSSR count). The fourth-order valence-electron chi connectivity index (χ4n) is 2.62.